The van der Waals surface area contributed by atoms with Crippen LogP contribution in [-0.2, 0) is 19.3 Å². The van der Waals surface area contributed by atoms with Crippen molar-refractivity contribution in [2.24, 2.45) is 0 Å². The molecule has 4 rings (SSSR count). The van der Waals surface area contributed by atoms with Crippen molar-refractivity contribution in [2.45, 2.75) is 39.5 Å². The molecule has 1 aliphatic rings. The topological polar surface area (TPSA) is 72.2 Å². The number of aromatic nitrogens is 4. The van der Waals surface area contributed by atoms with E-state index in [1.54, 1.807) is 10.7 Å². The van der Waals surface area contributed by atoms with Gasteiger partial charge in [0.15, 0.2) is 0 Å². The van der Waals surface area contributed by atoms with Gasteiger partial charge in [0.1, 0.15) is 5.82 Å². The quantitative estimate of drug-likeness (QED) is 0.793. The second-order valence-corrected chi connectivity index (χ2v) is 6.60. The van der Waals surface area contributed by atoms with Gasteiger partial charge in [-0.15, -0.1) is 0 Å². The zero-order valence-electron chi connectivity index (χ0n) is 14.5. The van der Waals surface area contributed by atoms with E-state index in [2.05, 4.69) is 27.3 Å². The fraction of sp³-hybridized carbons (Fsp3) is 0.368. The maximum absolute atomic E-state index is 12.4. The molecule has 25 heavy (non-hydrogen) atoms. The summed E-state index contributed by atoms with van der Waals surface area (Å²) in [5, 5.41) is 7.20. The van der Waals surface area contributed by atoms with Crippen LogP contribution in [0.15, 0.2) is 24.5 Å². The van der Waals surface area contributed by atoms with Gasteiger partial charge in [-0.2, -0.15) is 5.10 Å². The summed E-state index contributed by atoms with van der Waals surface area (Å²) in [6, 6.07) is 3.90. The fourth-order valence-corrected chi connectivity index (χ4v) is 3.44. The number of hydrogen-bond donors (Lipinski definition) is 1. The lowest BCUT2D eigenvalue weighted by Gasteiger charge is -2.08. The fourth-order valence-electron chi connectivity index (χ4n) is 3.44. The molecule has 3 aromatic rings. The van der Waals surface area contributed by atoms with Crippen LogP contribution in [0.5, 0.6) is 0 Å². The maximum Gasteiger partial charge on any atom is 0.255 e. The monoisotopic (exact) mass is 335 g/mol. The molecule has 0 atom stereocenters. The third kappa shape index (κ3) is 2.99. The number of carbonyl (C=O) groups is 1. The SMILES string of the molecule is Cc1ccc2c(C(=O)NCCc3nc(C)c4c(n3)CCC4)cnn2c1. The molecule has 3 aromatic heterocycles. The summed E-state index contributed by atoms with van der Waals surface area (Å²) in [6.45, 7) is 4.56. The van der Waals surface area contributed by atoms with Gasteiger partial charge < -0.3 is 5.32 Å². The molecule has 6 nitrogen and oxygen atoms in total. The molecule has 128 valence electrons. The number of pyridine rings is 1. The number of aryl methyl sites for hydroxylation is 3. The van der Waals surface area contributed by atoms with Crippen LogP contribution in [0.3, 0.4) is 0 Å². The highest BCUT2D eigenvalue weighted by Crippen LogP contribution is 2.22. The van der Waals surface area contributed by atoms with Crippen LogP contribution >= 0.6 is 0 Å². The standard InChI is InChI=1S/C19H21N5O/c1-12-6-7-17-15(10-21-24(17)11-12)19(25)20-9-8-18-22-13(2)14-4-3-5-16(14)23-18/h6-7,10-11H,3-5,8-9H2,1-2H3,(H,20,25). The molecule has 0 saturated heterocycles. The van der Waals surface area contributed by atoms with Crippen LogP contribution in [0.1, 0.15) is 45.1 Å². The Bertz CT molecular complexity index is 960. The van der Waals surface area contributed by atoms with E-state index >= 15 is 0 Å². The summed E-state index contributed by atoms with van der Waals surface area (Å²) in [4.78, 5) is 21.7. The van der Waals surface area contributed by atoms with Gasteiger partial charge in [0.2, 0.25) is 0 Å². The molecule has 1 aliphatic carbocycles. The van der Waals surface area contributed by atoms with Crippen LogP contribution in [0.25, 0.3) is 5.52 Å². The van der Waals surface area contributed by atoms with Gasteiger partial charge in [0.05, 0.1) is 17.3 Å². The van der Waals surface area contributed by atoms with E-state index in [9.17, 15) is 4.79 Å². The highest BCUT2D eigenvalue weighted by Gasteiger charge is 2.17. The van der Waals surface area contributed by atoms with Gasteiger partial charge in [-0.25, -0.2) is 14.5 Å². The van der Waals surface area contributed by atoms with Gasteiger partial charge in [-0.1, -0.05) is 6.07 Å². The second kappa shape index (κ2) is 6.27. The lowest BCUT2D eigenvalue weighted by molar-refractivity contribution is 0.0955. The molecule has 0 saturated carbocycles. The van der Waals surface area contributed by atoms with Crippen LogP contribution < -0.4 is 5.32 Å². The zero-order valence-corrected chi connectivity index (χ0v) is 14.5. The van der Waals surface area contributed by atoms with Crippen molar-refractivity contribution in [3.05, 3.63) is 58.4 Å². The third-order valence-electron chi connectivity index (χ3n) is 4.73. The van der Waals surface area contributed by atoms with Crippen molar-refractivity contribution in [1.82, 2.24) is 24.9 Å². The Balaban J connectivity index is 1.43. The van der Waals surface area contributed by atoms with E-state index in [1.807, 2.05) is 25.3 Å². The van der Waals surface area contributed by atoms with Crippen LogP contribution in [0.4, 0.5) is 0 Å². The van der Waals surface area contributed by atoms with Gasteiger partial charge >= 0.3 is 0 Å². The zero-order chi connectivity index (χ0) is 17.4. The van der Waals surface area contributed by atoms with Crippen LogP contribution in [-0.4, -0.2) is 32.0 Å². The van der Waals surface area contributed by atoms with Gasteiger partial charge in [-0.3, -0.25) is 4.79 Å². The van der Waals surface area contributed by atoms with E-state index in [1.165, 1.54) is 17.7 Å². The van der Waals surface area contributed by atoms with Gasteiger partial charge in [-0.05, 0) is 50.3 Å². The Morgan fingerprint density at radius 2 is 2.12 bits per heavy atom. The molecule has 1 amide bonds. The summed E-state index contributed by atoms with van der Waals surface area (Å²) in [6.07, 6.45) is 7.46. The number of nitrogens with zero attached hydrogens (tertiary/aromatic N) is 4. The molecule has 0 radical (unpaired) electrons. The minimum Gasteiger partial charge on any atom is -0.351 e. The molecule has 0 spiro atoms. The Morgan fingerprint density at radius 3 is 3.00 bits per heavy atom. The van der Waals surface area contributed by atoms with Crippen LogP contribution in [0, 0.1) is 13.8 Å². The predicted octanol–water partition coefficient (Wildman–Crippen LogP) is 2.20. The Kier molecular flexibility index (Phi) is 3.95. The third-order valence-corrected chi connectivity index (χ3v) is 4.73. The number of fused-ring (bicyclic) bond motifs is 2. The van der Waals surface area contributed by atoms with E-state index in [0.29, 0.717) is 18.5 Å². The predicted molar refractivity (Wildman–Crippen MR) is 94.8 cm³/mol. The number of carbonyl (C=O) groups excluding carboxylic acids is 1. The molecule has 3 heterocycles. The molecule has 0 unspecified atom stereocenters. The summed E-state index contributed by atoms with van der Waals surface area (Å²) in [5.41, 5.74) is 6.09. The average Bonchev–Trinajstić information content (AvgIpc) is 3.21. The first kappa shape index (κ1) is 15.7. The molecule has 1 N–H and O–H groups in total. The second-order valence-electron chi connectivity index (χ2n) is 6.60. The summed E-state index contributed by atoms with van der Waals surface area (Å²) >= 11 is 0. The first-order valence-electron chi connectivity index (χ1n) is 8.69. The van der Waals surface area contributed by atoms with Crippen molar-refractivity contribution < 1.29 is 4.79 Å². The van der Waals surface area contributed by atoms with E-state index < -0.39 is 0 Å². The first-order valence-corrected chi connectivity index (χ1v) is 8.69. The van der Waals surface area contributed by atoms with Gasteiger partial charge in [0, 0.05) is 30.6 Å². The summed E-state index contributed by atoms with van der Waals surface area (Å²) in [7, 11) is 0. The van der Waals surface area contributed by atoms with E-state index in [0.717, 1.165) is 35.4 Å². The molecule has 0 fully saturated rings. The number of amides is 1. The normalized spacial score (nSPS) is 13.2. The van der Waals surface area contributed by atoms with E-state index in [4.69, 9.17) is 0 Å². The summed E-state index contributed by atoms with van der Waals surface area (Å²) < 4.78 is 1.73. The number of nitrogens with one attached hydrogen (secondary N) is 1. The lowest BCUT2D eigenvalue weighted by atomic mass is 10.2. The number of hydrogen-bond acceptors (Lipinski definition) is 4. The molecular weight excluding hydrogens is 314 g/mol. The highest BCUT2D eigenvalue weighted by atomic mass is 16.1. The molecule has 0 aliphatic heterocycles. The highest BCUT2D eigenvalue weighted by molar-refractivity contribution is 6.00. The Labute approximate surface area is 146 Å². The molecule has 6 heteroatoms. The maximum atomic E-state index is 12.4. The largest absolute Gasteiger partial charge is 0.351 e. The molecular formula is C19H21N5O. The minimum absolute atomic E-state index is 0.114. The van der Waals surface area contributed by atoms with Crippen molar-refractivity contribution in [1.29, 1.82) is 0 Å². The first-order chi connectivity index (χ1) is 12.1. The van der Waals surface area contributed by atoms with Crippen molar-refractivity contribution in [2.75, 3.05) is 6.54 Å². The lowest BCUT2D eigenvalue weighted by Crippen LogP contribution is -2.26. The van der Waals surface area contributed by atoms with Gasteiger partial charge in [0.25, 0.3) is 5.91 Å². The molecule has 0 bridgehead atoms. The minimum atomic E-state index is -0.114. The smallest absolute Gasteiger partial charge is 0.255 e. The Morgan fingerprint density at radius 1 is 1.24 bits per heavy atom. The van der Waals surface area contributed by atoms with E-state index in [-0.39, 0.29) is 5.91 Å². The van der Waals surface area contributed by atoms with Crippen molar-refractivity contribution >= 4 is 11.4 Å². The van der Waals surface area contributed by atoms with Crippen LogP contribution in [0.2, 0.25) is 0 Å². The average molecular weight is 335 g/mol. The summed E-state index contributed by atoms with van der Waals surface area (Å²) in [5.74, 6) is 0.700. The Hall–Kier alpha value is -2.76. The molecule has 0 aromatic carbocycles. The number of rotatable bonds is 4. The van der Waals surface area contributed by atoms with Crippen molar-refractivity contribution in [3.8, 4) is 0 Å². The van der Waals surface area contributed by atoms with Crippen molar-refractivity contribution in [3.63, 3.8) is 0 Å².